The van der Waals surface area contributed by atoms with Crippen LogP contribution in [0.5, 0.6) is 0 Å². The first kappa shape index (κ1) is 45.1. The molecule has 16 N–H and O–H groups in total. The summed E-state index contributed by atoms with van der Waals surface area (Å²) in [6, 6.07) is 0. The minimum Gasteiger partial charge on any atom is -0.394 e. The topological polar surface area (TPSA) is 407 Å². The van der Waals surface area contributed by atoms with Crippen LogP contribution in [0.1, 0.15) is 6.92 Å². The van der Waals surface area contributed by atoms with Crippen molar-refractivity contribution in [2.75, 3.05) is 26.4 Å². The smallest absolute Gasteiger partial charge is 0.187 e. The lowest BCUT2D eigenvalue weighted by Crippen LogP contribution is -2.68. The molecule has 0 amide bonds. The normalized spacial score (nSPS) is 53.9. The predicted octanol–water partition coefficient (Wildman–Crippen LogP) is -10.9. The molecule has 322 valence electrons. The van der Waals surface area contributed by atoms with Crippen LogP contribution in [0, 0.1) is 0 Å². The summed E-state index contributed by atoms with van der Waals surface area (Å²) in [6.45, 7) is -2.32. The number of aliphatic hydroxyl groups excluding tert-OH is 16. The SMILES string of the molecule is C[C@@H]1O[C@H](O[C@H]2[C@@H](O[C@H]3[C@@H](O)[C@@H](CO)O[C@H](O[C@@H]4[C@H](O)[C@@H](O)[C@H](O[C@H]5[C@H](O)[C@@H](O)[C@H](O)O[C@@H]5CO)O[C@@H]4CO)[C@@H]3O)O[C@H](CO)[C@H](O)[C@@H]2O)[C@@H](O)[C@H](O)[C@@H]1O. The van der Waals surface area contributed by atoms with E-state index in [0.29, 0.717) is 0 Å². The Balaban J connectivity index is 1.33. The van der Waals surface area contributed by atoms with Crippen LogP contribution >= 0.6 is 0 Å². The first-order valence-corrected chi connectivity index (χ1v) is 17.5. The molecule has 0 radical (unpaired) electrons. The molecule has 5 rings (SSSR count). The van der Waals surface area contributed by atoms with Crippen LogP contribution in [-0.2, 0) is 42.6 Å². The van der Waals surface area contributed by atoms with Gasteiger partial charge in [-0.3, -0.25) is 0 Å². The Morgan fingerprint density at radius 1 is 0.327 bits per heavy atom. The third-order valence-electron chi connectivity index (χ3n) is 10.3. The fourth-order valence-electron chi connectivity index (χ4n) is 6.95. The van der Waals surface area contributed by atoms with Crippen molar-refractivity contribution in [3.63, 3.8) is 0 Å². The molecular formula is C30H52O25. The van der Waals surface area contributed by atoms with E-state index in [4.69, 9.17) is 42.6 Å². The summed E-state index contributed by atoms with van der Waals surface area (Å²) in [4.78, 5) is 0. The van der Waals surface area contributed by atoms with Gasteiger partial charge in [0.2, 0.25) is 0 Å². The van der Waals surface area contributed by atoms with E-state index in [1.54, 1.807) is 0 Å². The van der Waals surface area contributed by atoms with Crippen LogP contribution in [-0.4, -0.2) is 262 Å². The maximum atomic E-state index is 11.4. The van der Waals surface area contributed by atoms with Gasteiger partial charge in [0.1, 0.15) is 116 Å². The zero-order valence-corrected chi connectivity index (χ0v) is 29.1. The molecule has 5 heterocycles. The molecule has 0 aromatic heterocycles. The van der Waals surface area contributed by atoms with Crippen molar-refractivity contribution in [3.8, 4) is 0 Å². The van der Waals surface area contributed by atoms with Crippen molar-refractivity contribution in [1.29, 1.82) is 0 Å². The van der Waals surface area contributed by atoms with Crippen LogP contribution in [0.4, 0.5) is 0 Å². The average molecular weight is 813 g/mol. The molecule has 0 spiro atoms. The van der Waals surface area contributed by atoms with Crippen LogP contribution in [0.25, 0.3) is 0 Å². The van der Waals surface area contributed by atoms with Crippen LogP contribution in [0.15, 0.2) is 0 Å². The lowest BCUT2D eigenvalue weighted by Gasteiger charge is -2.49. The van der Waals surface area contributed by atoms with Crippen LogP contribution < -0.4 is 0 Å². The van der Waals surface area contributed by atoms with Gasteiger partial charge in [0.15, 0.2) is 31.5 Å². The Kier molecular flexibility index (Phi) is 15.5. The van der Waals surface area contributed by atoms with E-state index < -0.39 is 180 Å². The zero-order chi connectivity index (χ0) is 40.6. The number of hydrogen-bond donors (Lipinski definition) is 16. The van der Waals surface area contributed by atoms with Crippen molar-refractivity contribution < 1.29 is 124 Å². The average Bonchev–Trinajstić information content (AvgIpc) is 3.17. The molecule has 5 aliphatic heterocycles. The Morgan fingerprint density at radius 3 is 1.31 bits per heavy atom. The quantitative estimate of drug-likeness (QED) is 0.0870. The summed E-state index contributed by atoms with van der Waals surface area (Å²) in [6.07, 6.45) is -45.2. The third kappa shape index (κ3) is 9.11. The Labute approximate surface area is 311 Å². The molecule has 25 heteroatoms. The fourth-order valence-corrected chi connectivity index (χ4v) is 6.95. The van der Waals surface area contributed by atoms with Crippen LogP contribution in [0.2, 0.25) is 0 Å². The second-order valence-electron chi connectivity index (χ2n) is 13.9. The molecule has 5 saturated heterocycles. The fraction of sp³-hybridized carbons (Fsp3) is 1.00. The van der Waals surface area contributed by atoms with Gasteiger partial charge in [-0.05, 0) is 6.92 Å². The monoisotopic (exact) mass is 812 g/mol. The number of hydrogen-bond acceptors (Lipinski definition) is 25. The van der Waals surface area contributed by atoms with Crippen LogP contribution in [0.3, 0.4) is 0 Å². The minimum absolute atomic E-state index is 0.841. The summed E-state index contributed by atoms with van der Waals surface area (Å²) >= 11 is 0. The van der Waals surface area contributed by atoms with Gasteiger partial charge in [0, 0.05) is 0 Å². The first-order chi connectivity index (χ1) is 26.0. The molecule has 0 aromatic carbocycles. The van der Waals surface area contributed by atoms with Gasteiger partial charge < -0.3 is 124 Å². The standard InChI is InChI=1S/C30H52O25/c1-6-11(35)14(38)19(43)27(47-6)55-25-15(39)12(36)7(2-31)50-30(25)54-24-13(37)8(3-32)49-29(21(24)45)53-23-10(5-34)51-28(20(44)17(23)41)52-22-9(4-33)48-26(46)18(42)16(22)40/h6-46H,2-5H2,1H3/t6-,7+,8+,9+,10+,11+,12-,13-,14+,15-,16+,17+,18+,19-,20+,21+,22+,23-,24-,25+,26+,27+,28-,29+,30+/m0/s1. The van der Waals surface area contributed by atoms with Gasteiger partial charge in [-0.2, -0.15) is 0 Å². The van der Waals surface area contributed by atoms with Crippen molar-refractivity contribution in [2.45, 2.75) is 160 Å². The number of aliphatic hydroxyl groups is 16. The number of ether oxygens (including phenoxy) is 9. The molecule has 5 fully saturated rings. The third-order valence-corrected chi connectivity index (χ3v) is 10.3. The molecule has 0 aliphatic carbocycles. The van der Waals surface area contributed by atoms with Crippen molar-refractivity contribution in [3.05, 3.63) is 0 Å². The van der Waals surface area contributed by atoms with E-state index in [1.165, 1.54) is 6.92 Å². The predicted molar refractivity (Wildman–Crippen MR) is 165 cm³/mol. The maximum absolute atomic E-state index is 11.4. The molecule has 0 bridgehead atoms. The van der Waals surface area contributed by atoms with E-state index in [-0.39, 0.29) is 0 Å². The van der Waals surface area contributed by atoms with Gasteiger partial charge in [0.25, 0.3) is 0 Å². The highest BCUT2D eigenvalue weighted by Gasteiger charge is 2.56. The van der Waals surface area contributed by atoms with E-state index in [1.807, 2.05) is 0 Å². The molecule has 55 heavy (non-hydrogen) atoms. The maximum Gasteiger partial charge on any atom is 0.187 e. The molecule has 5 aliphatic rings. The molecule has 25 atom stereocenters. The minimum atomic E-state index is -2.13. The van der Waals surface area contributed by atoms with E-state index in [0.717, 1.165) is 0 Å². The molecule has 0 aromatic rings. The Hall–Kier alpha value is -1.00. The summed E-state index contributed by atoms with van der Waals surface area (Å²) in [5, 5.41) is 167. The summed E-state index contributed by atoms with van der Waals surface area (Å²) in [7, 11) is 0. The second kappa shape index (κ2) is 18.9. The lowest BCUT2D eigenvalue weighted by atomic mass is 9.95. The number of rotatable bonds is 12. The molecular weight excluding hydrogens is 760 g/mol. The van der Waals surface area contributed by atoms with Gasteiger partial charge >= 0.3 is 0 Å². The van der Waals surface area contributed by atoms with Gasteiger partial charge in [-0.15, -0.1) is 0 Å². The molecule has 0 unspecified atom stereocenters. The molecule has 0 saturated carbocycles. The first-order valence-electron chi connectivity index (χ1n) is 17.5. The van der Waals surface area contributed by atoms with E-state index in [2.05, 4.69) is 0 Å². The van der Waals surface area contributed by atoms with Gasteiger partial charge in [-0.25, -0.2) is 0 Å². The summed E-state index contributed by atoms with van der Waals surface area (Å²) in [5.41, 5.74) is 0. The van der Waals surface area contributed by atoms with Gasteiger partial charge in [-0.1, -0.05) is 0 Å². The summed E-state index contributed by atoms with van der Waals surface area (Å²) in [5.74, 6) is 0. The highest BCUT2D eigenvalue weighted by molar-refractivity contribution is 4.98. The van der Waals surface area contributed by atoms with Crippen molar-refractivity contribution >= 4 is 0 Å². The Morgan fingerprint density at radius 2 is 0.727 bits per heavy atom. The highest BCUT2D eigenvalue weighted by Crippen LogP contribution is 2.35. The zero-order valence-electron chi connectivity index (χ0n) is 29.1. The van der Waals surface area contributed by atoms with E-state index >= 15 is 0 Å². The largest absolute Gasteiger partial charge is 0.394 e. The van der Waals surface area contributed by atoms with Gasteiger partial charge in [0.05, 0.1) is 32.5 Å². The van der Waals surface area contributed by atoms with Crippen molar-refractivity contribution in [2.24, 2.45) is 0 Å². The second-order valence-corrected chi connectivity index (χ2v) is 13.9. The lowest BCUT2D eigenvalue weighted by molar-refractivity contribution is -0.398. The molecule has 25 nitrogen and oxygen atoms in total. The Bertz CT molecular complexity index is 1190. The van der Waals surface area contributed by atoms with Crippen molar-refractivity contribution in [1.82, 2.24) is 0 Å². The summed E-state index contributed by atoms with van der Waals surface area (Å²) < 4.78 is 49.7. The van der Waals surface area contributed by atoms with E-state index in [9.17, 15) is 81.7 Å². The highest BCUT2D eigenvalue weighted by atomic mass is 16.8.